The molecule has 17 heavy (non-hydrogen) atoms. The summed E-state index contributed by atoms with van der Waals surface area (Å²) in [5.74, 6) is 0.0122. The van der Waals surface area contributed by atoms with Crippen molar-refractivity contribution in [2.45, 2.75) is 39.2 Å². The van der Waals surface area contributed by atoms with Gasteiger partial charge in [0.25, 0.3) is 0 Å². The summed E-state index contributed by atoms with van der Waals surface area (Å²) in [6.07, 6.45) is 2.92. The van der Waals surface area contributed by atoms with Crippen molar-refractivity contribution in [2.75, 3.05) is 6.61 Å². The molecule has 0 fully saturated rings. The molecule has 2 nitrogen and oxygen atoms in total. The largest absolute Gasteiger partial charge is 0.370 e. The third kappa shape index (κ3) is 4.88. The number of ether oxygens (including phenoxy) is 1. The molecule has 0 radical (unpaired) electrons. The van der Waals surface area contributed by atoms with Crippen LogP contribution in [0.4, 0.5) is 0 Å². The first kappa shape index (κ1) is 14.2. The molecule has 0 aliphatic carbocycles. The van der Waals surface area contributed by atoms with Gasteiger partial charge in [0.2, 0.25) is 0 Å². The summed E-state index contributed by atoms with van der Waals surface area (Å²) in [6.45, 7) is 4.58. The maximum absolute atomic E-state index is 12.0. The number of carbonyl (C=O) groups excluding carboxylic acids is 1. The minimum Gasteiger partial charge on any atom is -0.370 e. The lowest BCUT2D eigenvalue weighted by Crippen LogP contribution is -2.21. The quantitative estimate of drug-likeness (QED) is 0.541. The van der Waals surface area contributed by atoms with Crippen LogP contribution in [0.1, 0.15) is 43.5 Å². The summed E-state index contributed by atoms with van der Waals surface area (Å²) < 4.78 is 5.51. The number of halogens is 1. The number of hydrogen-bond acceptors (Lipinski definition) is 2. The predicted octanol–water partition coefficient (Wildman–Crippen LogP) is 4.12. The van der Waals surface area contributed by atoms with Crippen LogP contribution in [-0.2, 0) is 4.74 Å². The second kappa shape index (κ2) is 7.46. The highest BCUT2D eigenvalue weighted by molar-refractivity contribution is 6.30. The molecule has 0 bridgehead atoms. The number of rotatable bonds is 7. The van der Waals surface area contributed by atoms with E-state index < -0.39 is 0 Å². The van der Waals surface area contributed by atoms with E-state index in [0.717, 1.165) is 19.3 Å². The summed E-state index contributed by atoms with van der Waals surface area (Å²) in [5, 5.41) is 0.637. The first-order chi connectivity index (χ1) is 8.15. The predicted molar refractivity (Wildman–Crippen MR) is 70.7 cm³/mol. The van der Waals surface area contributed by atoms with E-state index in [1.807, 2.05) is 0 Å². The fraction of sp³-hybridized carbons (Fsp3) is 0.500. The molecule has 0 saturated carbocycles. The second-order valence-corrected chi connectivity index (χ2v) is 4.53. The summed E-state index contributed by atoms with van der Waals surface area (Å²) in [5.41, 5.74) is 0.650. The molecule has 1 unspecified atom stereocenters. The molecule has 0 aromatic heterocycles. The van der Waals surface area contributed by atoms with Crippen molar-refractivity contribution in [3.8, 4) is 0 Å². The lowest BCUT2D eigenvalue weighted by atomic mass is 10.1. The van der Waals surface area contributed by atoms with Crippen LogP contribution in [-0.4, -0.2) is 18.5 Å². The zero-order valence-corrected chi connectivity index (χ0v) is 11.2. The Hall–Kier alpha value is -0.860. The molecule has 0 spiro atoms. The van der Waals surface area contributed by atoms with Crippen molar-refractivity contribution >= 4 is 17.4 Å². The molecule has 0 heterocycles. The van der Waals surface area contributed by atoms with E-state index >= 15 is 0 Å². The molecule has 0 aliphatic rings. The van der Waals surface area contributed by atoms with E-state index in [1.54, 1.807) is 31.2 Å². The fourth-order valence-corrected chi connectivity index (χ4v) is 1.66. The van der Waals surface area contributed by atoms with Crippen molar-refractivity contribution in [3.05, 3.63) is 34.9 Å². The highest BCUT2D eigenvalue weighted by atomic mass is 35.5. The van der Waals surface area contributed by atoms with Gasteiger partial charge in [-0.25, -0.2) is 0 Å². The van der Waals surface area contributed by atoms with E-state index in [1.165, 1.54) is 0 Å². The standard InChI is InChI=1S/C14H19ClO2/c1-3-4-5-10-17-11(2)14(16)12-6-8-13(15)9-7-12/h6-9,11H,3-5,10H2,1-2H3. The number of ketones is 1. The Morgan fingerprint density at radius 1 is 1.29 bits per heavy atom. The van der Waals surface area contributed by atoms with Gasteiger partial charge in [-0.15, -0.1) is 0 Å². The number of hydrogen-bond donors (Lipinski definition) is 0. The fourth-order valence-electron chi connectivity index (χ4n) is 1.54. The summed E-state index contributed by atoms with van der Waals surface area (Å²) in [4.78, 5) is 12.0. The monoisotopic (exact) mass is 254 g/mol. The SMILES string of the molecule is CCCCCOC(C)C(=O)c1ccc(Cl)cc1. The smallest absolute Gasteiger partial charge is 0.191 e. The minimum absolute atomic E-state index is 0.0122. The van der Waals surface area contributed by atoms with E-state index in [-0.39, 0.29) is 11.9 Å². The maximum Gasteiger partial charge on any atom is 0.191 e. The Balaban J connectivity index is 2.43. The van der Waals surface area contributed by atoms with Crippen molar-refractivity contribution in [3.63, 3.8) is 0 Å². The third-order valence-electron chi connectivity index (χ3n) is 2.61. The molecule has 1 aromatic carbocycles. The number of Topliss-reactive ketones (excluding diaryl/α,β-unsaturated/α-hetero) is 1. The lowest BCUT2D eigenvalue weighted by molar-refractivity contribution is 0.0465. The molecule has 0 saturated heterocycles. The summed E-state index contributed by atoms with van der Waals surface area (Å²) >= 11 is 5.77. The minimum atomic E-state index is -0.381. The maximum atomic E-state index is 12.0. The van der Waals surface area contributed by atoms with Gasteiger partial charge in [0.15, 0.2) is 5.78 Å². The van der Waals surface area contributed by atoms with Crippen molar-refractivity contribution in [1.29, 1.82) is 0 Å². The van der Waals surface area contributed by atoms with Crippen LogP contribution < -0.4 is 0 Å². The molecular formula is C14H19ClO2. The van der Waals surface area contributed by atoms with Crippen LogP contribution in [0.5, 0.6) is 0 Å². The second-order valence-electron chi connectivity index (χ2n) is 4.09. The average Bonchev–Trinajstić information content (AvgIpc) is 2.34. The third-order valence-corrected chi connectivity index (χ3v) is 2.87. The van der Waals surface area contributed by atoms with Gasteiger partial charge in [-0.3, -0.25) is 4.79 Å². The first-order valence-electron chi connectivity index (χ1n) is 6.06. The van der Waals surface area contributed by atoms with Crippen LogP contribution in [0.25, 0.3) is 0 Å². The number of unbranched alkanes of at least 4 members (excludes halogenated alkanes) is 2. The van der Waals surface area contributed by atoms with Crippen LogP contribution >= 0.6 is 11.6 Å². The van der Waals surface area contributed by atoms with E-state index in [0.29, 0.717) is 17.2 Å². The van der Waals surface area contributed by atoms with Gasteiger partial charge in [0.05, 0.1) is 0 Å². The van der Waals surface area contributed by atoms with Crippen LogP contribution in [0.2, 0.25) is 5.02 Å². The topological polar surface area (TPSA) is 26.3 Å². The van der Waals surface area contributed by atoms with Gasteiger partial charge in [0, 0.05) is 17.2 Å². The average molecular weight is 255 g/mol. The highest BCUT2D eigenvalue weighted by Crippen LogP contribution is 2.12. The molecule has 1 rings (SSSR count). The summed E-state index contributed by atoms with van der Waals surface area (Å²) in [7, 11) is 0. The Morgan fingerprint density at radius 2 is 1.94 bits per heavy atom. The van der Waals surface area contributed by atoms with Crippen molar-refractivity contribution < 1.29 is 9.53 Å². The number of carbonyl (C=O) groups is 1. The molecular weight excluding hydrogens is 236 g/mol. The molecule has 0 amide bonds. The first-order valence-corrected chi connectivity index (χ1v) is 6.44. The van der Waals surface area contributed by atoms with Crippen LogP contribution in [0, 0.1) is 0 Å². The molecule has 0 N–H and O–H groups in total. The van der Waals surface area contributed by atoms with Gasteiger partial charge in [-0.1, -0.05) is 31.4 Å². The zero-order chi connectivity index (χ0) is 12.7. The highest BCUT2D eigenvalue weighted by Gasteiger charge is 2.15. The molecule has 1 atom stereocenters. The Kier molecular flexibility index (Phi) is 6.23. The molecule has 3 heteroatoms. The van der Waals surface area contributed by atoms with Crippen molar-refractivity contribution in [1.82, 2.24) is 0 Å². The Labute approximate surface area is 108 Å². The van der Waals surface area contributed by atoms with Gasteiger partial charge < -0.3 is 4.74 Å². The normalized spacial score (nSPS) is 12.4. The van der Waals surface area contributed by atoms with Gasteiger partial charge in [-0.2, -0.15) is 0 Å². The molecule has 94 valence electrons. The van der Waals surface area contributed by atoms with Crippen LogP contribution in [0.15, 0.2) is 24.3 Å². The van der Waals surface area contributed by atoms with E-state index in [9.17, 15) is 4.79 Å². The van der Waals surface area contributed by atoms with E-state index in [2.05, 4.69) is 6.92 Å². The molecule has 1 aromatic rings. The summed E-state index contributed by atoms with van der Waals surface area (Å²) in [6, 6.07) is 6.91. The lowest BCUT2D eigenvalue weighted by Gasteiger charge is -2.11. The van der Waals surface area contributed by atoms with E-state index in [4.69, 9.17) is 16.3 Å². The van der Waals surface area contributed by atoms with Gasteiger partial charge in [-0.05, 0) is 37.6 Å². The van der Waals surface area contributed by atoms with Gasteiger partial charge >= 0.3 is 0 Å². The zero-order valence-electron chi connectivity index (χ0n) is 10.4. The van der Waals surface area contributed by atoms with Crippen LogP contribution in [0.3, 0.4) is 0 Å². The van der Waals surface area contributed by atoms with Gasteiger partial charge in [0.1, 0.15) is 6.10 Å². The molecule has 0 aliphatic heterocycles. The number of benzene rings is 1. The Bertz CT molecular complexity index is 346. The van der Waals surface area contributed by atoms with Crippen molar-refractivity contribution in [2.24, 2.45) is 0 Å². The Morgan fingerprint density at radius 3 is 2.53 bits per heavy atom.